The minimum atomic E-state index is -0.280. The van der Waals surface area contributed by atoms with Gasteiger partial charge in [0.15, 0.2) is 0 Å². The summed E-state index contributed by atoms with van der Waals surface area (Å²) in [6.07, 6.45) is 1.01. The lowest BCUT2D eigenvalue weighted by atomic mass is 10.3. The van der Waals surface area contributed by atoms with Gasteiger partial charge in [-0.05, 0) is 52.2 Å². The Morgan fingerprint density at radius 2 is 2.00 bits per heavy atom. The molecule has 1 aromatic carbocycles. The zero-order valence-electron chi connectivity index (χ0n) is 13.2. The van der Waals surface area contributed by atoms with Gasteiger partial charge in [0.25, 0.3) is 0 Å². The number of hydrogen-bond acceptors (Lipinski definition) is 5. The molecule has 6 heteroatoms. The molecule has 1 aromatic heterocycles. The molecule has 5 nitrogen and oxygen atoms in total. The largest absolute Gasteiger partial charge is 0.354 e. The molecule has 0 bridgehead atoms. The van der Waals surface area contributed by atoms with Crippen LogP contribution in [0.1, 0.15) is 12.1 Å². The van der Waals surface area contributed by atoms with E-state index in [-0.39, 0.29) is 5.82 Å². The number of aromatic nitrogens is 2. The minimum Gasteiger partial charge on any atom is -0.354 e. The zero-order valence-corrected chi connectivity index (χ0v) is 13.2. The summed E-state index contributed by atoms with van der Waals surface area (Å²) in [5.74, 6) is 0.948. The Balaban J connectivity index is 2.00. The van der Waals surface area contributed by atoms with E-state index in [0.29, 0.717) is 17.5 Å². The summed E-state index contributed by atoms with van der Waals surface area (Å²) in [6.45, 7) is 3.72. The van der Waals surface area contributed by atoms with Gasteiger partial charge in [-0.25, -0.2) is 9.37 Å². The van der Waals surface area contributed by atoms with Gasteiger partial charge in [-0.1, -0.05) is 6.07 Å². The van der Waals surface area contributed by atoms with Crippen molar-refractivity contribution in [2.45, 2.75) is 13.3 Å². The van der Waals surface area contributed by atoms with Crippen LogP contribution in [-0.2, 0) is 0 Å². The van der Waals surface area contributed by atoms with Gasteiger partial charge >= 0.3 is 0 Å². The number of halogens is 1. The number of benzene rings is 1. The molecule has 0 spiro atoms. The van der Waals surface area contributed by atoms with E-state index in [9.17, 15) is 4.39 Å². The van der Waals surface area contributed by atoms with Gasteiger partial charge in [-0.3, -0.25) is 0 Å². The molecule has 22 heavy (non-hydrogen) atoms. The van der Waals surface area contributed by atoms with E-state index in [1.54, 1.807) is 12.1 Å². The molecule has 0 aliphatic carbocycles. The van der Waals surface area contributed by atoms with Crippen LogP contribution in [0.4, 0.5) is 21.8 Å². The molecule has 0 unspecified atom stereocenters. The highest BCUT2D eigenvalue weighted by atomic mass is 19.1. The summed E-state index contributed by atoms with van der Waals surface area (Å²) in [6, 6.07) is 8.13. The molecule has 0 saturated heterocycles. The van der Waals surface area contributed by atoms with Crippen LogP contribution in [0.2, 0.25) is 0 Å². The molecular formula is C16H22FN5. The number of hydrogen-bond donors (Lipinski definition) is 2. The molecule has 2 rings (SSSR count). The fourth-order valence-electron chi connectivity index (χ4n) is 2.02. The van der Waals surface area contributed by atoms with E-state index in [0.717, 1.165) is 25.2 Å². The number of nitrogens with one attached hydrogen (secondary N) is 2. The van der Waals surface area contributed by atoms with Crippen molar-refractivity contribution in [3.8, 4) is 0 Å². The summed E-state index contributed by atoms with van der Waals surface area (Å²) in [5.41, 5.74) is 1.51. The topological polar surface area (TPSA) is 53.1 Å². The maximum atomic E-state index is 13.2. The lowest BCUT2D eigenvalue weighted by Crippen LogP contribution is -2.17. The molecule has 1 heterocycles. The molecule has 0 aliphatic heterocycles. The Morgan fingerprint density at radius 1 is 1.18 bits per heavy atom. The van der Waals surface area contributed by atoms with E-state index in [4.69, 9.17) is 0 Å². The predicted molar refractivity (Wildman–Crippen MR) is 88.1 cm³/mol. The lowest BCUT2D eigenvalue weighted by Gasteiger charge is -2.11. The summed E-state index contributed by atoms with van der Waals surface area (Å²) in [7, 11) is 4.09. The number of rotatable bonds is 7. The first-order valence-corrected chi connectivity index (χ1v) is 7.30. The first-order valence-electron chi connectivity index (χ1n) is 7.30. The van der Waals surface area contributed by atoms with Gasteiger partial charge in [0.05, 0.1) is 0 Å². The molecule has 0 aliphatic rings. The Labute approximate surface area is 130 Å². The van der Waals surface area contributed by atoms with Crippen molar-refractivity contribution in [1.29, 1.82) is 0 Å². The third kappa shape index (κ3) is 5.29. The van der Waals surface area contributed by atoms with Crippen molar-refractivity contribution >= 4 is 17.5 Å². The second-order valence-corrected chi connectivity index (χ2v) is 5.44. The van der Waals surface area contributed by atoms with Crippen LogP contribution in [0, 0.1) is 12.7 Å². The van der Waals surface area contributed by atoms with Gasteiger partial charge in [0, 0.05) is 24.0 Å². The highest BCUT2D eigenvalue weighted by Crippen LogP contribution is 2.17. The second kappa shape index (κ2) is 7.70. The zero-order chi connectivity index (χ0) is 15.9. The predicted octanol–water partition coefficient (Wildman–Crippen LogP) is 3.03. The van der Waals surface area contributed by atoms with E-state index >= 15 is 0 Å². The maximum Gasteiger partial charge on any atom is 0.224 e. The van der Waals surface area contributed by atoms with Crippen LogP contribution < -0.4 is 10.6 Å². The first kappa shape index (κ1) is 16.2. The highest BCUT2D eigenvalue weighted by Gasteiger charge is 2.03. The third-order valence-electron chi connectivity index (χ3n) is 3.02. The number of anilines is 3. The quantitative estimate of drug-likeness (QED) is 0.770. The molecule has 0 radical (unpaired) electrons. The van der Waals surface area contributed by atoms with Crippen molar-refractivity contribution in [1.82, 2.24) is 14.9 Å². The number of nitrogens with zero attached hydrogens (tertiary/aromatic N) is 3. The van der Waals surface area contributed by atoms with Crippen molar-refractivity contribution in [3.63, 3.8) is 0 Å². The number of aryl methyl sites for hydroxylation is 1. The van der Waals surface area contributed by atoms with E-state index in [2.05, 4.69) is 25.5 Å². The smallest absolute Gasteiger partial charge is 0.224 e. The lowest BCUT2D eigenvalue weighted by molar-refractivity contribution is 0.405. The van der Waals surface area contributed by atoms with Crippen molar-refractivity contribution in [3.05, 3.63) is 41.8 Å². The molecule has 0 amide bonds. The van der Waals surface area contributed by atoms with Crippen molar-refractivity contribution in [2.75, 3.05) is 37.8 Å². The summed E-state index contributed by atoms with van der Waals surface area (Å²) in [4.78, 5) is 10.9. The summed E-state index contributed by atoms with van der Waals surface area (Å²) >= 11 is 0. The monoisotopic (exact) mass is 303 g/mol. The van der Waals surface area contributed by atoms with Gasteiger partial charge in [0.1, 0.15) is 11.6 Å². The van der Waals surface area contributed by atoms with E-state index in [1.807, 2.05) is 27.1 Å². The Hall–Kier alpha value is -2.21. The van der Waals surface area contributed by atoms with Gasteiger partial charge in [-0.15, -0.1) is 0 Å². The molecule has 0 atom stereocenters. The van der Waals surface area contributed by atoms with Crippen LogP contribution in [-0.4, -0.2) is 42.1 Å². The third-order valence-corrected chi connectivity index (χ3v) is 3.02. The molecule has 0 fully saturated rings. The molecule has 118 valence electrons. The fourth-order valence-corrected chi connectivity index (χ4v) is 2.02. The minimum absolute atomic E-state index is 0.280. The van der Waals surface area contributed by atoms with Crippen LogP contribution in [0.5, 0.6) is 0 Å². The van der Waals surface area contributed by atoms with Gasteiger partial charge < -0.3 is 15.5 Å². The Morgan fingerprint density at radius 3 is 2.73 bits per heavy atom. The van der Waals surface area contributed by atoms with Gasteiger partial charge in [0.2, 0.25) is 5.95 Å². The Kier molecular flexibility index (Phi) is 5.66. The van der Waals surface area contributed by atoms with Crippen LogP contribution >= 0.6 is 0 Å². The van der Waals surface area contributed by atoms with E-state index in [1.165, 1.54) is 12.1 Å². The molecular weight excluding hydrogens is 281 g/mol. The van der Waals surface area contributed by atoms with E-state index < -0.39 is 0 Å². The standard InChI is InChI=1S/C16H22FN5/c1-12-10-15(20-14-7-4-6-13(17)11-14)21-16(19-12)18-8-5-9-22(2)3/h4,6-7,10-11H,5,8-9H2,1-3H3,(H2,18,19,20,21). The van der Waals surface area contributed by atoms with Gasteiger partial charge in [-0.2, -0.15) is 4.98 Å². The Bertz CT molecular complexity index is 615. The average Bonchev–Trinajstić information content (AvgIpc) is 2.43. The highest BCUT2D eigenvalue weighted by molar-refractivity contribution is 5.57. The van der Waals surface area contributed by atoms with Crippen LogP contribution in [0.3, 0.4) is 0 Å². The normalized spacial score (nSPS) is 10.8. The molecule has 0 saturated carbocycles. The average molecular weight is 303 g/mol. The van der Waals surface area contributed by atoms with Crippen molar-refractivity contribution in [2.24, 2.45) is 0 Å². The van der Waals surface area contributed by atoms with Crippen LogP contribution in [0.15, 0.2) is 30.3 Å². The second-order valence-electron chi connectivity index (χ2n) is 5.44. The summed E-state index contributed by atoms with van der Waals surface area (Å²) < 4.78 is 13.2. The molecule has 2 N–H and O–H groups in total. The van der Waals surface area contributed by atoms with Crippen molar-refractivity contribution < 1.29 is 4.39 Å². The first-order chi connectivity index (χ1) is 10.5. The SMILES string of the molecule is Cc1cc(Nc2cccc(F)c2)nc(NCCCN(C)C)n1. The van der Waals surface area contributed by atoms with Crippen LogP contribution in [0.25, 0.3) is 0 Å². The molecule has 2 aromatic rings. The fraction of sp³-hybridized carbons (Fsp3) is 0.375. The summed E-state index contributed by atoms with van der Waals surface area (Å²) in [5, 5.41) is 6.31. The maximum absolute atomic E-state index is 13.2.